The van der Waals surface area contributed by atoms with Gasteiger partial charge in [-0.3, -0.25) is 4.31 Å². The van der Waals surface area contributed by atoms with Crippen LogP contribution in [-0.2, 0) is 15.8 Å². The normalized spacial score (nSPS) is 14.5. The van der Waals surface area contributed by atoms with Crippen molar-refractivity contribution < 1.29 is 8.42 Å². The topological polar surface area (TPSA) is 37.4 Å². The molecule has 2 aromatic rings. The fraction of sp³-hybridized carbons (Fsp3) is 0.176. The lowest BCUT2D eigenvalue weighted by Gasteiger charge is -2.29. The molecular formula is C17H17NO2S. The van der Waals surface area contributed by atoms with Gasteiger partial charge in [-0.05, 0) is 24.1 Å². The summed E-state index contributed by atoms with van der Waals surface area (Å²) in [5.41, 5.74) is 3.57. The molecule has 0 radical (unpaired) electrons. The Morgan fingerprint density at radius 2 is 1.67 bits per heavy atom. The van der Waals surface area contributed by atoms with Gasteiger partial charge in [0.1, 0.15) is 0 Å². The van der Waals surface area contributed by atoms with Crippen LogP contribution < -0.4 is 4.31 Å². The quantitative estimate of drug-likeness (QED) is 0.870. The summed E-state index contributed by atoms with van der Waals surface area (Å²) in [6.07, 6.45) is 2.05. The number of anilines is 1. The molecule has 108 valence electrons. The van der Waals surface area contributed by atoms with Gasteiger partial charge in [-0.15, -0.1) is 0 Å². The molecule has 0 aromatic heterocycles. The number of fused-ring (bicyclic) bond motifs is 1. The molecule has 0 unspecified atom stereocenters. The van der Waals surface area contributed by atoms with Gasteiger partial charge in [0.05, 0.1) is 18.0 Å². The van der Waals surface area contributed by atoms with Crippen molar-refractivity contribution in [2.75, 3.05) is 10.8 Å². The molecule has 1 aliphatic heterocycles. The summed E-state index contributed by atoms with van der Waals surface area (Å²) in [7, 11) is -3.39. The third-order valence-electron chi connectivity index (χ3n) is 3.53. The summed E-state index contributed by atoms with van der Waals surface area (Å²) < 4.78 is 27.0. The summed E-state index contributed by atoms with van der Waals surface area (Å²) in [6, 6.07) is 16.9. The average molecular weight is 299 g/mol. The minimum absolute atomic E-state index is 0.0233. The Labute approximate surface area is 125 Å². The van der Waals surface area contributed by atoms with Crippen LogP contribution in [0.15, 0.2) is 60.2 Å². The van der Waals surface area contributed by atoms with Gasteiger partial charge < -0.3 is 0 Å². The van der Waals surface area contributed by atoms with Crippen LogP contribution in [-0.4, -0.2) is 15.0 Å². The maximum absolute atomic E-state index is 12.8. The first-order valence-electron chi connectivity index (χ1n) is 6.87. The number of para-hydroxylation sites is 1. The van der Waals surface area contributed by atoms with Gasteiger partial charge in [-0.1, -0.05) is 60.2 Å². The van der Waals surface area contributed by atoms with Crippen molar-refractivity contribution in [2.45, 2.75) is 12.7 Å². The van der Waals surface area contributed by atoms with Crippen molar-refractivity contribution in [2.24, 2.45) is 0 Å². The fourth-order valence-electron chi connectivity index (χ4n) is 2.57. The molecule has 1 heterocycles. The minimum Gasteiger partial charge on any atom is -0.265 e. The van der Waals surface area contributed by atoms with Crippen LogP contribution >= 0.6 is 0 Å². The van der Waals surface area contributed by atoms with Crippen LogP contribution in [0.4, 0.5) is 5.69 Å². The molecule has 0 spiro atoms. The van der Waals surface area contributed by atoms with Gasteiger partial charge in [0.25, 0.3) is 0 Å². The second-order valence-electron chi connectivity index (χ2n) is 5.30. The maximum atomic E-state index is 12.8. The van der Waals surface area contributed by atoms with Crippen LogP contribution in [0.5, 0.6) is 0 Å². The summed E-state index contributed by atoms with van der Waals surface area (Å²) in [5.74, 6) is 0.0233. The van der Waals surface area contributed by atoms with E-state index in [0.717, 1.165) is 22.4 Å². The molecular weight excluding hydrogens is 282 g/mol. The van der Waals surface area contributed by atoms with E-state index in [1.165, 1.54) is 4.31 Å². The molecule has 0 aliphatic carbocycles. The van der Waals surface area contributed by atoms with Crippen LogP contribution in [0.1, 0.15) is 18.1 Å². The zero-order valence-electron chi connectivity index (χ0n) is 11.9. The fourth-order valence-corrected chi connectivity index (χ4v) is 4.21. The summed E-state index contributed by atoms with van der Waals surface area (Å²) in [6.45, 7) is 2.38. The van der Waals surface area contributed by atoms with Crippen LogP contribution in [0.3, 0.4) is 0 Å². The number of hydrogen-bond acceptors (Lipinski definition) is 2. The lowest BCUT2D eigenvalue weighted by molar-refractivity contribution is 0.591. The molecule has 0 saturated carbocycles. The molecule has 0 amide bonds. The predicted molar refractivity (Wildman–Crippen MR) is 86.5 cm³/mol. The number of nitrogens with zero attached hydrogens (tertiary/aromatic N) is 1. The lowest BCUT2D eigenvalue weighted by Crippen LogP contribution is -2.35. The van der Waals surface area contributed by atoms with Gasteiger partial charge in [0.15, 0.2) is 0 Å². The summed E-state index contributed by atoms with van der Waals surface area (Å²) in [4.78, 5) is 0. The Morgan fingerprint density at radius 1 is 1.00 bits per heavy atom. The highest BCUT2D eigenvalue weighted by atomic mass is 32.2. The Kier molecular flexibility index (Phi) is 3.55. The van der Waals surface area contributed by atoms with Gasteiger partial charge in [0.2, 0.25) is 10.0 Å². The van der Waals surface area contributed by atoms with Crippen LogP contribution in [0.2, 0.25) is 0 Å². The van der Waals surface area contributed by atoms with E-state index in [9.17, 15) is 8.42 Å². The van der Waals surface area contributed by atoms with E-state index in [4.69, 9.17) is 0 Å². The third kappa shape index (κ3) is 2.85. The van der Waals surface area contributed by atoms with Gasteiger partial charge >= 0.3 is 0 Å². The highest BCUT2D eigenvalue weighted by molar-refractivity contribution is 7.92. The Morgan fingerprint density at radius 3 is 2.43 bits per heavy atom. The number of benzene rings is 2. The average Bonchev–Trinajstić information content (AvgIpc) is 2.47. The molecule has 21 heavy (non-hydrogen) atoms. The van der Waals surface area contributed by atoms with Gasteiger partial charge in [0, 0.05) is 0 Å². The van der Waals surface area contributed by atoms with E-state index in [1.54, 1.807) is 0 Å². The SMILES string of the molecule is CC1=Cc2ccccc2N(S(=O)(=O)Cc2ccccc2)C1. The van der Waals surface area contributed by atoms with Gasteiger partial charge in [-0.25, -0.2) is 8.42 Å². The maximum Gasteiger partial charge on any atom is 0.239 e. The van der Waals surface area contributed by atoms with Gasteiger partial charge in [-0.2, -0.15) is 0 Å². The van der Waals surface area contributed by atoms with Crippen LogP contribution in [0.25, 0.3) is 6.08 Å². The largest absolute Gasteiger partial charge is 0.265 e. The second kappa shape index (κ2) is 5.37. The molecule has 3 rings (SSSR count). The number of rotatable bonds is 3. The highest BCUT2D eigenvalue weighted by Gasteiger charge is 2.27. The van der Waals surface area contributed by atoms with Crippen molar-refractivity contribution in [3.8, 4) is 0 Å². The van der Waals surface area contributed by atoms with E-state index >= 15 is 0 Å². The predicted octanol–water partition coefficient (Wildman–Crippen LogP) is 3.44. The molecule has 0 bridgehead atoms. The minimum atomic E-state index is -3.39. The first-order chi connectivity index (χ1) is 10.1. The summed E-state index contributed by atoms with van der Waals surface area (Å²) >= 11 is 0. The van der Waals surface area contributed by atoms with Crippen molar-refractivity contribution >= 4 is 21.8 Å². The smallest absolute Gasteiger partial charge is 0.239 e. The Hall–Kier alpha value is -2.07. The van der Waals surface area contributed by atoms with E-state index < -0.39 is 10.0 Å². The molecule has 1 aliphatic rings. The molecule has 4 heteroatoms. The zero-order chi connectivity index (χ0) is 14.9. The summed E-state index contributed by atoms with van der Waals surface area (Å²) in [5, 5.41) is 0. The first kappa shape index (κ1) is 13.9. The molecule has 0 atom stereocenters. The standard InChI is InChI=1S/C17H17NO2S/c1-14-11-16-9-5-6-10-17(16)18(12-14)21(19,20)13-15-7-3-2-4-8-15/h2-11H,12-13H2,1H3. The zero-order valence-corrected chi connectivity index (χ0v) is 12.7. The second-order valence-corrected chi connectivity index (χ2v) is 7.19. The highest BCUT2D eigenvalue weighted by Crippen LogP contribution is 2.31. The lowest BCUT2D eigenvalue weighted by atomic mass is 10.1. The number of hydrogen-bond donors (Lipinski definition) is 0. The van der Waals surface area contributed by atoms with E-state index in [2.05, 4.69) is 0 Å². The van der Waals surface area contributed by atoms with Crippen molar-refractivity contribution in [1.29, 1.82) is 0 Å². The monoisotopic (exact) mass is 299 g/mol. The molecule has 3 nitrogen and oxygen atoms in total. The molecule has 0 saturated heterocycles. The number of sulfonamides is 1. The first-order valence-corrected chi connectivity index (χ1v) is 8.48. The van der Waals surface area contributed by atoms with Crippen LogP contribution in [0, 0.1) is 0 Å². The Balaban J connectivity index is 1.98. The van der Waals surface area contributed by atoms with E-state index in [1.807, 2.05) is 67.6 Å². The molecule has 0 N–H and O–H groups in total. The van der Waals surface area contributed by atoms with Crippen molar-refractivity contribution in [3.63, 3.8) is 0 Å². The molecule has 2 aromatic carbocycles. The molecule has 0 fully saturated rings. The van der Waals surface area contributed by atoms with E-state index in [0.29, 0.717) is 6.54 Å². The Bertz CT molecular complexity index is 779. The third-order valence-corrected chi connectivity index (χ3v) is 5.22. The van der Waals surface area contributed by atoms with E-state index in [-0.39, 0.29) is 5.75 Å². The van der Waals surface area contributed by atoms with Crippen molar-refractivity contribution in [3.05, 3.63) is 71.3 Å². The van der Waals surface area contributed by atoms with Crippen molar-refractivity contribution in [1.82, 2.24) is 0 Å².